The molecule has 2 saturated heterocycles. The van der Waals surface area contributed by atoms with Gasteiger partial charge in [0.25, 0.3) is 11.1 Å². The highest BCUT2D eigenvalue weighted by atomic mass is 19.1. The van der Waals surface area contributed by atoms with Gasteiger partial charge >= 0.3 is 0 Å². The quantitative estimate of drug-likeness (QED) is 0.302. The number of nitrogens with zero attached hydrogens (tertiary/aromatic N) is 7. The van der Waals surface area contributed by atoms with Gasteiger partial charge in [-0.1, -0.05) is 6.08 Å². The second kappa shape index (κ2) is 16.1. The molecule has 1 unspecified atom stereocenters. The molecule has 3 aliphatic heterocycles. The van der Waals surface area contributed by atoms with Crippen molar-refractivity contribution in [3.05, 3.63) is 116 Å². The molecular weight excluding hydrogens is 712 g/mol. The number of hydrogen-bond donors (Lipinski definition) is 2. The number of amides is 2. The number of aliphatic hydroxyl groups excluding tert-OH is 2. The van der Waals surface area contributed by atoms with Crippen molar-refractivity contribution in [1.29, 1.82) is 0 Å². The van der Waals surface area contributed by atoms with Crippen LogP contribution in [-0.2, 0) is 9.59 Å². The van der Waals surface area contributed by atoms with Crippen molar-refractivity contribution in [1.82, 2.24) is 28.9 Å². The molecule has 4 aromatic rings. The number of benzene rings is 2. The fourth-order valence-electron chi connectivity index (χ4n) is 7.87. The lowest BCUT2D eigenvalue weighted by Crippen LogP contribution is -2.36. The van der Waals surface area contributed by atoms with E-state index in [0.717, 1.165) is 18.4 Å². The molecule has 5 heterocycles. The first-order valence-corrected chi connectivity index (χ1v) is 18.2. The van der Waals surface area contributed by atoms with Crippen molar-refractivity contribution in [3.8, 4) is 11.4 Å². The highest BCUT2D eigenvalue weighted by Crippen LogP contribution is 2.42. The van der Waals surface area contributed by atoms with E-state index in [9.17, 15) is 28.0 Å². The Labute approximate surface area is 316 Å². The molecule has 13 nitrogen and oxygen atoms in total. The van der Waals surface area contributed by atoms with Crippen LogP contribution in [0.25, 0.3) is 16.9 Å². The number of aromatic nitrogens is 4. The zero-order valence-electron chi connectivity index (χ0n) is 31.4. The molecule has 0 saturated carbocycles. The normalized spacial score (nSPS) is 18.0. The van der Waals surface area contributed by atoms with Gasteiger partial charge in [0.05, 0.1) is 17.1 Å². The maximum Gasteiger partial charge on any atom is 0.258 e. The third-order valence-corrected chi connectivity index (χ3v) is 10.6. The predicted octanol–water partition coefficient (Wildman–Crippen LogP) is 3.01. The summed E-state index contributed by atoms with van der Waals surface area (Å²) in [5.74, 6) is -0.379. The van der Waals surface area contributed by atoms with Crippen LogP contribution in [-0.4, -0.2) is 103 Å². The Bertz CT molecular complexity index is 2290. The molecule has 55 heavy (non-hydrogen) atoms. The standard InChI is InChI=1S/C21H25FN4O3.C19H20FN3O3/c1-14-9-19(28)26(15(2)23-14)16-3-4-18(17(22)10-16)24-7-5-21(12-24)6-8-25(13-21)20(29)11-27;1-12-9-18(25)23(13(2)21-12)15-3-4-16(17(20)10-15)14-5-7-22(8-6-14)19(26)11-24/h3-4,9-10,27H,5-8,11-13H2,1-2H3;3-5,9-10,24H,6-8,11H2,1-2H3. The molecule has 1 atom stereocenters. The highest BCUT2D eigenvalue weighted by molar-refractivity contribution is 5.79. The van der Waals surface area contributed by atoms with Crippen molar-refractivity contribution < 1.29 is 28.6 Å². The van der Waals surface area contributed by atoms with Crippen LogP contribution >= 0.6 is 0 Å². The smallest absolute Gasteiger partial charge is 0.258 e. The first-order chi connectivity index (χ1) is 26.2. The van der Waals surface area contributed by atoms with Crippen molar-refractivity contribution in [2.45, 2.75) is 47.0 Å². The van der Waals surface area contributed by atoms with E-state index in [2.05, 4.69) is 9.97 Å². The lowest BCUT2D eigenvalue weighted by Gasteiger charge is -2.26. The first-order valence-electron chi connectivity index (χ1n) is 18.2. The number of rotatable bonds is 6. The van der Waals surface area contributed by atoms with E-state index in [0.29, 0.717) is 91.4 Å². The number of anilines is 1. The molecule has 0 radical (unpaired) electrons. The minimum absolute atomic E-state index is 0.0512. The number of carbonyl (C=O) groups excluding carboxylic acids is 2. The van der Waals surface area contributed by atoms with Crippen molar-refractivity contribution in [3.63, 3.8) is 0 Å². The molecule has 2 aromatic heterocycles. The summed E-state index contributed by atoms with van der Waals surface area (Å²) in [4.78, 5) is 61.6. The number of hydrogen-bond acceptors (Lipinski definition) is 9. The van der Waals surface area contributed by atoms with E-state index in [1.807, 2.05) is 4.90 Å². The Kier molecular flexibility index (Phi) is 11.4. The average molecular weight is 758 g/mol. The maximum atomic E-state index is 15.0. The number of carbonyl (C=O) groups is 2. The van der Waals surface area contributed by atoms with Gasteiger partial charge in [0, 0.05) is 79.8 Å². The van der Waals surface area contributed by atoms with Crippen LogP contribution in [0.5, 0.6) is 0 Å². The summed E-state index contributed by atoms with van der Waals surface area (Å²) in [6.07, 6.45) is 4.04. The lowest BCUT2D eigenvalue weighted by molar-refractivity contribution is -0.134. The van der Waals surface area contributed by atoms with Crippen LogP contribution in [0.15, 0.2) is 64.2 Å². The van der Waals surface area contributed by atoms with Gasteiger partial charge in [-0.15, -0.1) is 0 Å². The fourth-order valence-corrected chi connectivity index (χ4v) is 7.87. The third kappa shape index (κ3) is 8.27. The van der Waals surface area contributed by atoms with Gasteiger partial charge in [0.2, 0.25) is 11.8 Å². The van der Waals surface area contributed by atoms with Gasteiger partial charge in [-0.3, -0.25) is 28.3 Å². The molecule has 0 bridgehead atoms. The van der Waals surface area contributed by atoms with E-state index >= 15 is 0 Å². The molecule has 2 N–H and O–H groups in total. The summed E-state index contributed by atoms with van der Waals surface area (Å²) in [7, 11) is 0. The molecule has 2 fully saturated rings. The van der Waals surface area contributed by atoms with E-state index in [4.69, 9.17) is 10.2 Å². The van der Waals surface area contributed by atoms with E-state index in [1.54, 1.807) is 62.9 Å². The Morgan fingerprint density at radius 1 is 0.727 bits per heavy atom. The summed E-state index contributed by atoms with van der Waals surface area (Å²) in [6, 6.07) is 12.3. The Morgan fingerprint density at radius 2 is 1.29 bits per heavy atom. The highest BCUT2D eigenvalue weighted by Gasteiger charge is 2.45. The molecule has 15 heteroatoms. The topological polar surface area (TPSA) is 154 Å². The Balaban J connectivity index is 0.000000188. The molecule has 3 aliphatic rings. The zero-order valence-corrected chi connectivity index (χ0v) is 31.4. The molecule has 0 aliphatic carbocycles. The van der Waals surface area contributed by atoms with Crippen LogP contribution in [0, 0.1) is 44.7 Å². The summed E-state index contributed by atoms with van der Waals surface area (Å²) in [5, 5.41) is 18.0. The van der Waals surface area contributed by atoms with Gasteiger partial charge in [-0.05, 0) is 82.9 Å². The van der Waals surface area contributed by atoms with E-state index < -0.39 is 19.0 Å². The second-order valence-corrected chi connectivity index (χ2v) is 14.4. The van der Waals surface area contributed by atoms with Crippen molar-refractivity contribution in [2.75, 3.05) is 57.4 Å². The second-order valence-electron chi connectivity index (χ2n) is 14.4. The molecule has 7 rings (SSSR count). The minimum atomic E-state index is -0.523. The summed E-state index contributed by atoms with van der Waals surface area (Å²) in [5.41, 5.74) is 3.36. The SMILES string of the molecule is Cc1cc(=O)n(-c2ccc(C3=CCN(C(=O)CO)CC3)c(F)c2)c(C)n1.Cc1cc(=O)n(-c2ccc(N3CCC4(CCN(C(=O)CO)C4)C3)c(F)c2)c(C)n1. The van der Waals surface area contributed by atoms with Crippen molar-refractivity contribution >= 4 is 23.1 Å². The van der Waals surface area contributed by atoms with Crippen LogP contribution in [0.1, 0.15) is 47.9 Å². The van der Waals surface area contributed by atoms with E-state index in [1.165, 1.54) is 38.3 Å². The van der Waals surface area contributed by atoms with Crippen LogP contribution in [0.4, 0.5) is 14.5 Å². The van der Waals surface area contributed by atoms with Crippen LogP contribution in [0.3, 0.4) is 0 Å². The Hall–Kier alpha value is -5.54. The van der Waals surface area contributed by atoms with Gasteiger partial charge in [-0.2, -0.15) is 0 Å². The molecule has 2 amide bonds. The minimum Gasteiger partial charge on any atom is -0.387 e. The van der Waals surface area contributed by atoms with Gasteiger partial charge in [-0.25, -0.2) is 18.7 Å². The molecular formula is C40H45F2N7O6. The number of halogens is 2. The molecule has 290 valence electrons. The molecule has 2 aromatic carbocycles. The predicted molar refractivity (Wildman–Crippen MR) is 202 cm³/mol. The van der Waals surface area contributed by atoms with Crippen LogP contribution in [0.2, 0.25) is 0 Å². The number of aliphatic hydroxyl groups is 2. The number of aryl methyl sites for hydroxylation is 4. The number of likely N-dealkylation sites (tertiary alicyclic amines) is 1. The zero-order chi connectivity index (χ0) is 39.6. The fraction of sp³-hybridized carbons (Fsp3) is 0.400. The Morgan fingerprint density at radius 3 is 1.82 bits per heavy atom. The average Bonchev–Trinajstić information content (AvgIpc) is 3.76. The third-order valence-electron chi connectivity index (χ3n) is 10.6. The summed E-state index contributed by atoms with van der Waals surface area (Å²) in [6.45, 7) is 9.33. The monoisotopic (exact) mass is 757 g/mol. The maximum absolute atomic E-state index is 15.0. The van der Waals surface area contributed by atoms with E-state index in [-0.39, 0.29) is 34.2 Å². The van der Waals surface area contributed by atoms with Gasteiger partial charge in [0.15, 0.2) is 0 Å². The molecule has 1 spiro atoms. The van der Waals surface area contributed by atoms with Crippen molar-refractivity contribution in [2.24, 2.45) is 5.41 Å². The van der Waals surface area contributed by atoms with Gasteiger partial charge < -0.3 is 24.9 Å². The lowest BCUT2D eigenvalue weighted by atomic mass is 9.86. The first kappa shape index (κ1) is 39.2. The summed E-state index contributed by atoms with van der Waals surface area (Å²) >= 11 is 0. The summed E-state index contributed by atoms with van der Waals surface area (Å²) < 4.78 is 32.5. The van der Waals surface area contributed by atoms with Gasteiger partial charge in [0.1, 0.15) is 36.5 Å². The van der Waals surface area contributed by atoms with Crippen LogP contribution < -0.4 is 16.0 Å². The largest absolute Gasteiger partial charge is 0.387 e.